The van der Waals surface area contributed by atoms with Crippen molar-refractivity contribution in [1.82, 2.24) is 20.0 Å². The van der Waals surface area contributed by atoms with Gasteiger partial charge in [0.25, 0.3) is 0 Å². The smallest absolute Gasteiger partial charge is 0.168 e. The molecule has 0 bridgehead atoms. The molecule has 0 spiro atoms. The average Bonchev–Trinajstić information content (AvgIpc) is 3.43. The first-order valence-corrected chi connectivity index (χ1v) is 13.5. The summed E-state index contributed by atoms with van der Waals surface area (Å²) in [5, 5.41) is 17.1. The fourth-order valence-corrected chi connectivity index (χ4v) is 5.55. The van der Waals surface area contributed by atoms with Gasteiger partial charge in [-0.1, -0.05) is 96.2 Å². The largest absolute Gasteiger partial charge is 0.231 e. The predicted octanol–water partition coefficient (Wildman–Crippen LogP) is 8.98. The first-order valence-electron chi connectivity index (χ1n) is 11.1. The Kier molecular flexibility index (Phi) is 7.90. The number of hydrogen-bond acceptors (Lipinski definition) is 4. The first kappa shape index (κ1) is 24.4. The Labute approximate surface area is 217 Å². The van der Waals surface area contributed by atoms with E-state index < -0.39 is 0 Å². The van der Waals surface area contributed by atoms with Crippen molar-refractivity contribution in [3.05, 3.63) is 67.6 Å². The minimum atomic E-state index is 0.389. The summed E-state index contributed by atoms with van der Waals surface area (Å²) in [5.41, 5.74) is 4.81. The number of rotatable bonds is 8. The van der Waals surface area contributed by atoms with Gasteiger partial charge in [0.2, 0.25) is 0 Å². The van der Waals surface area contributed by atoms with Gasteiger partial charge in [-0.15, -0.1) is 10.2 Å². The van der Waals surface area contributed by atoms with Gasteiger partial charge >= 0.3 is 0 Å². The standard InChI is InChI=1S/C25H25BrCl2N4S/c1-4-6-7-15(3)24-29-30-25(33-24)22-19(5-2)23(16-8-10-17(26)11-9-16)32(31-22)21-13-12-18(27)14-20(21)28/h8-15H,4-7H2,1-3H3. The highest BCUT2D eigenvalue weighted by atomic mass is 79.9. The zero-order chi connectivity index (χ0) is 23.5. The van der Waals surface area contributed by atoms with Crippen molar-refractivity contribution >= 4 is 50.5 Å². The summed E-state index contributed by atoms with van der Waals surface area (Å²) in [5.74, 6) is 0.389. The Morgan fingerprint density at radius 2 is 1.82 bits per heavy atom. The van der Waals surface area contributed by atoms with E-state index in [0.717, 1.165) is 55.5 Å². The van der Waals surface area contributed by atoms with E-state index in [-0.39, 0.29) is 0 Å². The van der Waals surface area contributed by atoms with E-state index in [0.29, 0.717) is 16.0 Å². The Morgan fingerprint density at radius 3 is 2.48 bits per heavy atom. The molecule has 0 radical (unpaired) electrons. The highest BCUT2D eigenvalue weighted by molar-refractivity contribution is 9.10. The molecule has 2 aromatic heterocycles. The number of unbranched alkanes of at least 4 members (excludes halogenated alkanes) is 1. The van der Waals surface area contributed by atoms with Crippen LogP contribution in [-0.2, 0) is 6.42 Å². The lowest BCUT2D eigenvalue weighted by atomic mass is 10.0. The third kappa shape index (κ3) is 5.19. The van der Waals surface area contributed by atoms with Crippen molar-refractivity contribution in [1.29, 1.82) is 0 Å². The van der Waals surface area contributed by atoms with Gasteiger partial charge in [0, 0.05) is 26.5 Å². The lowest BCUT2D eigenvalue weighted by Gasteiger charge is -2.11. The quantitative estimate of drug-likeness (QED) is 0.215. The fourth-order valence-electron chi connectivity index (χ4n) is 3.85. The molecule has 0 aliphatic carbocycles. The summed E-state index contributed by atoms with van der Waals surface area (Å²) in [6, 6.07) is 13.7. The number of halogens is 3. The molecule has 4 nitrogen and oxygen atoms in total. The van der Waals surface area contributed by atoms with Crippen molar-refractivity contribution < 1.29 is 0 Å². The van der Waals surface area contributed by atoms with Crippen LogP contribution < -0.4 is 0 Å². The first-order chi connectivity index (χ1) is 15.9. The van der Waals surface area contributed by atoms with E-state index in [1.807, 2.05) is 28.9 Å². The van der Waals surface area contributed by atoms with E-state index in [4.69, 9.17) is 28.3 Å². The molecule has 8 heteroatoms. The molecular weight excluding hydrogens is 539 g/mol. The SMILES string of the molecule is CCCCC(C)c1nnc(-c2nn(-c3ccc(Cl)cc3Cl)c(-c3ccc(Br)cc3)c2CC)s1. The molecule has 172 valence electrons. The molecule has 0 aliphatic rings. The topological polar surface area (TPSA) is 43.6 Å². The van der Waals surface area contributed by atoms with Crippen LogP contribution in [0.5, 0.6) is 0 Å². The summed E-state index contributed by atoms with van der Waals surface area (Å²) in [7, 11) is 0. The molecule has 1 unspecified atom stereocenters. The molecule has 0 saturated heterocycles. The maximum Gasteiger partial charge on any atom is 0.168 e. The highest BCUT2D eigenvalue weighted by Crippen LogP contribution is 2.39. The predicted molar refractivity (Wildman–Crippen MR) is 143 cm³/mol. The van der Waals surface area contributed by atoms with Crippen LogP contribution in [0.3, 0.4) is 0 Å². The van der Waals surface area contributed by atoms with Crippen LogP contribution in [0.2, 0.25) is 10.0 Å². The lowest BCUT2D eigenvalue weighted by Crippen LogP contribution is -2.01. The maximum absolute atomic E-state index is 6.62. The normalized spacial score (nSPS) is 12.3. The number of aromatic nitrogens is 4. The number of hydrogen-bond donors (Lipinski definition) is 0. The zero-order valence-electron chi connectivity index (χ0n) is 18.8. The minimum Gasteiger partial charge on any atom is -0.231 e. The van der Waals surface area contributed by atoms with E-state index in [1.165, 1.54) is 12.8 Å². The Morgan fingerprint density at radius 1 is 1.06 bits per heavy atom. The van der Waals surface area contributed by atoms with Gasteiger partial charge in [0.15, 0.2) is 5.01 Å². The van der Waals surface area contributed by atoms with Gasteiger partial charge in [0.05, 0.1) is 16.4 Å². The van der Waals surface area contributed by atoms with Crippen LogP contribution in [0.1, 0.15) is 56.5 Å². The van der Waals surface area contributed by atoms with Crippen molar-refractivity contribution in [2.45, 2.75) is 52.4 Å². The van der Waals surface area contributed by atoms with E-state index in [9.17, 15) is 0 Å². The molecule has 2 heterocycles. The van der Waals surface area contributed by atoms with Crippen LogP contribution >= 0.6 is 50.5 Å². The van der Waals surface area contributed by atoms with E-state index in [1.54, 1.807) is 17.4 Å². The van der Waals surface area contributed by atoms with Gasteiger partial charge in [-0.2, -0.15) is 5.10 Å². The molecule has 0 aliphatic heterocycles. The van der Waals surface area contributed by atoms with Crippen molar-refractivity contribution in [3.63, 3.8) is 0 Å². The van der Waals surface area contributed by atoms with Gasteiger partial charge in [-0.25, -0.2) is 4.68 Å². The molecule has 4 rings (SSSR count). The Bertz CT molecular complexity index is 1250. The molecule has 2 aromatic carbocycles. The second-order valence-corrected chi connectivity index (χ2v) is 10.8. The number of benzene rings is 2. The van der Waals surface area contributed by atoms with Crippen molar-refractivity contribution in [3.8, 4) is 27.6 Å². The van der Waals surface area contributed by atoms with E-state index >= 15 is 0 Å². The molecule has 0 fully saturated rings. The second kappa shape index (κ2) is 10.7. The van der Waals surface area contributed by atoms with Gasteiger partial charge in [-0.05, 0) is 43.2 Å². The van der Waals surface area contributed by atoms with Crippen LogP contribution in [0.25, 0.3) is 27.6 Å². The van der Waals surface area contributed by atoms with Gasteiger partial charge < -0.3 is 0 Å². The van der Waals surface area contributed by atoms with Crippen LogP contribution in [0, 0.1) is 0 Å². The van der Waals surface area contributed by atoms with Crippen LogP contribution in [0.15, 0.2) is 46.9 Å². The molecule has 0 N–H and O–H groups in total. The summed E-state index contributed by atoms with van der Waals surface area (Å²) in [6.07, 6.45) is 4.28. The fraction of sp³-hybridized carbons (Fsp3) is 0.320. The third-order valence-electron chi connectivity index (χ3n) is 5.65. The molecule has 1 atom stereocenters. The average molecular weight is 564 g/mol. The van der Waals surface area contributed by atoms with Crippen LogP contribution in [-0.4, -0.2) is 20.0 Å². The zero-order valence-corrected chi connectivity index (χ0v) is 22.7. The molecule has 33 heavy (non-hydrogen) atoms. The second-order valence-electron chi connectivity index (χ2n) is 8.03. The lowest BCUT2D eigenvalue weighted by molar-refractivity contribution is 0.616. The Balaban J connectivity index is 1.89. The minimum absolute atomic E-state index is 0.389. The Hall–Kier alpha value is -1.73. The third-order valence-corrected chi connectivity index (χ3v) is 7.88. The maximum atomic E-state index is 6.62. The molecule has 0 amide bonds. The summed E-state index contributed by atoms with van der Waals surface area (Å²) >= 11 is 18.0. The van der Waals surface area contributed by atoms with Crippen molar-refractivity contribution in [2.24, 2.45) is 0 Å². The van der Waals surface area contributed by atoms with Crippen molar-refractivity contribution in [2.75, 3.05) is 0 Å². The van der Waals surface area contributed by atoms with E-state index in [2.05, 4.69) is 59.0 Å². The van der Waals surface area contributed by atoms with Gasteiger partial charge in [0.1, 0.15) is 10.7 Å². The van der Waals surface area contributed by atoms with Gasteiger partial charge in [-0.3, -0.25) is 0 Å². The summed E-state index contributed by atoms with van der Waals surface area (Å²) in [6.45, 7) is 6.58. The molecular formula is C25H25BrCl2N4S. The summed E-state index contributed by atoms with van der Waals surface area (Å²) < 4.78 is 2.94. The monoisotopic (exact) mass is 562 g/mol. The summed E-state index contributed by atoms with van der Waals surface area (Å²) in [4.78, 5) is 0. The molecule has 0 saturated carbocycles. The van der Waals surface area contributed by atoms with Crippen LogP contribution in [0.4, 0.5) is 0 Å². The highest BCUT2D eigenvalue weighted by Gasteiger charge is 2.24. The number of nitrogens with zero attached hydrogens (tertiary/aromatic N) is 4. The molecule has 4 aromatic rings.